The minimum absolute atomic E-state index is 0.0189. The zero-order valence-electron chi connectivity index (χ0n) is 48.5. The molecule has 2 atom stereocenters. The predicted octanol–water partition coefficient (Wildman–Crippen LogP) is 20.6. The standard InChI is InChI=1S/C65H129NO5/c1-3-5-7-9-11-13-15-17-19-30-33-37-41-45-49-53-57-63(68)62(61-67)66-64(69)58-54-50-46-42-38-34-31-28-26-24-22-20-21-23-25-27-29-32-36-40-44-48-52-56-60-71-65(70)59-55-51-47-43-39-35-18-16-14-12-10-8-6-4-2/h62-63,67-68H,3-61H2,1-2H3,(H,66,69). The lowest BCUT2D eigenvalue weighted by Crippen LogP contribution is -2.45. The van der Waals surface area contributed by atoms with Crippen molar-refractivity contribution in [1.82, 2.24) is 5.32 Å². The molecular formula is C65H129NO5. The average molecular weight is 1000 g/mol. The van der Waals surface area contributed by atoms with Gasteiger partial charge in [-0.15, -0.1) is 0 Å². The smallest absolute Gasteiger partial charge is 0.305 e. The number of aliphatic hydroxyl groups excluding tert-OH is 2. The highest BCUT2D eigenvalue weighted by molar-refractivity contribution is 5.76. The first kappa shape index (κ1) is 69.9. The van der Waals surface area contributed by atoms with Gasteiger partial charge in [0.05, 0.1) is 25.4 Å². The summed E-state index contributed by atoms with van der Waals surface area (Å²) in [6, 6.07) is -0.539. The van der Waals surface area contributed by atoms with Crippen LogP contribution >= 0.6 is 0 Å². The number of rotatable bonds is 62. The Morgan fingerprint density at radius 3 is 0.859 bits per heavy atom. The number of unbranched alkanes of at least 4 members (excludes halogenated alkanes) is 51. The molecule has 0 spiro atoms. The molecule has 0 saturated carbocycles. The van der Waals surface area contributed by atoms with Crippen LogP contribution in [0.15, 0.2) is 0 Å². The summed E-state index contributed by atoms with van der Waals surface area (Å²) < 4.78 is 5.49. The molecule has 6 heteroatoms. The third kappa shape index (κ3) is 58.0. The Kier molecular flexibility index (Phi) is 60.4. The molecule has 0 rings (SSSR count). The second kappa shape index (κ2) is 61.4. The van der Waals surface area contributed by atoms with Crippen molar-refractivity contribution in [3.63, 3.8) is 0 Å². The van der Waals surface area contributed by atoms with Crippen molar-refractivity contribution in [2.45, 2.75) is 392 Å². The number of carbonyl (C=O) groups is 2. The second-order valence-corrected chi connectivity index (χ2v) is 22.8. The van der Waals surface area contributed by atoms with Crippen molar-refractivity contribution >= 4 is 11.9 Å². The summed E-state index contributed by atoms with van der Waals surface area (Å²) in [6.07, 6.45) is 72.7. The summed E-state index contributed by atoms with van der Waals surface area (Å²) in [4.78, 5) is 24.6. The van der Waals surface area contributed by atoms with Crippen molar-refractivity contribution in [1.29, 1.82) is 0 Å². The van der Waals surface area contributed by atoms with E-state index in [1.807, 2.05) is 0 Å². The van der Waals surface area contributed by atoms with Crippen LogP contribution in [-0.2, 0) is 14.3 Å². The minimum Gasteiger partial charge on any atom is -0.466 e. The van der Waals surface area contributed by atoms with Gasteiger partial charge in [0.15, 0.2) is 0 Å². The number of ether oxygens (including phenoxy) is 1. The molecule has 0 aromatic rings. The minimum atomic E-state index is -0.662. The number of amides is 1. The Balaban J connectivity index is 3.34. The van der Waals surface area contributed by atoms with E-state index in [9.17, 15) is 19.8 Å². The summed E-state index contributed by atoms with van der Waals surface area (Å²) in [6.45, 7) is 4.99. The van der Waals surface area contributed by atoms with Gasteiger partial charge in [0.1, 0.15) is 0 Å². The molecule has 0 aliphatic carbocycles. The van der Waals surface area contributed by atoms with E-state index in [4.69, 9.17) is 4.74 Å². The molecule has 71 heavy (non-hydrogen) atoms. The number of nitrogens with one attached hydrogen (secondary N) is 1. The van der Waals surface area contributed by atoms with Crippen molar-refractivity contribution in [3.05, 3.63) is 0 Å². The quantitative estimate of drug-likeness (QED) is 0.0417. The predicted molar refractivity (Wildman–Crippen MR) is 310 cm³/mol. The third-order valence-corrected chi connectivity index (χ3v) is 15.7. The van der Waals surface area contributed by atoms with Gasteiger partial charge in [-0.1, -0.05) is 341 Å². The highest BCUT2D eigenvalue weighted by Crippen LogP contribution is 2.19. The maximum absolute atomic E-state index is 12.5. The van der Waals surface area contributed by atoms with Gasteiger partial charge in [-0.3, -0.25) is 9.59 Å². The van der Waals surface area contributed by atoms with E-state index >= 15 is 0 Å². The van der Waals surface area contributed by atoms with Gasteiger partial charge in [0, 0.05) is 12.8 Å². The molecule has 2 unspecified atom stereocenters. The molecule has 0 aromatic heterocycles. The van der Waals surface area contributed by atoms with Gasteiger partial charge in [0.2, 0.25) is 5.91 Å². The van der Waals surface area contributed by atoms with Crippen LogP contribution in [0, 0.1) is 0 Å². The Morgan fingerprint density at radius 2 is 0.577 bits per heavy atom. The third-order valence-electron chi connectivity index (χ3n) is 15.7. The number of hydrogen-bond donors (Lipinski definition) is 3. The largest absolute Gasteiger partial charge is 0.466 e. The van der Waals surface area contributed by atoms with Gasteiger partial charge in [-0.2, -0.15) is 0 Å². The van der Waals surface area contributed by atoms with E-state index in [2.05, 4.69) is 19.2 Å². The van der Waals surface area contributed by atoms with Crippen LogP contribution in [0.1, 0.15) is 380 Å². The first-order valence-corrected chi connectivity index (χ1v) is 32.8. The molecule has 424 valence electrons. The van der Waals surface area contributed by atoms with E-state index in [1.54, 1.807) is 0 Å². The molecule has 6 nitrogen and oxygen atoms in total. The fraction of sp³-hybridized carbons (Fsp3) is 0.969. The molecule has 3 N–H and O–H groups in total. The first-order chi connectivity index (χ1) is 35.0. The summed E-state index contributed by atoms with van der Waals surface area (Å²) in [5, 5.41) is 23.3. The lowest BCUT2D eigenvalue weighted by molar-refractivity contribution is -0.143. The normalized spacial score (nSPS) is 12.5. The first-order valence-electron chi connectivity index (χ1n) is 32.8. The summed E-state index contributed by atoms with van der Waals surface area (Å²) >= 11 is 0. The number of carbonyl (C=O) groups excluding carboxylic acids is 2. The van der Waals surface area contributed by atoms with Crippen LogP contribution in [0.4, 0.5) is 0 Å². The van der Waals surface area contributed by atoms with Gasteiger partial charge in [-0.25, -0.2) is 0 Å². The monoisotopic (exact) mass is 1000 g/mol. The van der Waals surface area contributed by atoms with Crippen LogP contribution in [-0.4, -0.2) is 47.4 Å². The SMILES string of the molecule is CCCCCCCCCCCCCCCCCCC(O)C(CO)NC(=O)CCCCCCCCCCCCCCCCCCCCCCCCCCOC(=O)CCCCCCCCCCCCCCCC. The molecule has 0 aliphatic heterocycles. The molecular weight excluding hydrogens is 875 g/mol. The Hall–Kier alpha value is -1.14. The maximum Gasteiger partial charge on any atom is 0.305 e. The Bertz CT molecular complexity index is 1020. The maximum atomic E-state index is 12.5. The van der Waals surface area contributed by atoms with Crippen molar-refractivity contribution in [2.24, 2.45) is 0 Å². The number of esters is 1. The average Bonchev–Trinajstić information content (AvgIpc) is 3.37. The highest BCUT2D eigenvalue weighted by atomic mass is 16.5. The van der Waals surface area contributed by atoms with E-state index in [1.165, 1.54) is 308 Å². The van der Waals surface area contributed by atoms with Crippen LogP contribution in [0.25, 0.3) is 0 Å². The molecule has 0 fully saturated rings. The van der Waals surface area contributed by atoms with E-state index in [0.717, 1.165) is 38.5 Å². The second-order valence-electron chi connectivity index (χ2n) is 22.8. The fourth-order valence-electron chi connectivity index (χ4n) is 10.6. The van der Waals surface area contributed by atoms with Crippen molar-refractivity contribution in [3.8, 4) is 0 Å². The van der Waals surface area contributed by atoms with E-state index in [0.29, 0.717) is 25.9 Å². The lowest BCUT2D eigenvalue weighted by Gasteiger charge is -2.22. The van der Waals surface area contributed by atoms with Crippen LogP contribution in [0.2, 0.25) is 0 Å². The molecule has 1 amide bonds. The highest BCUT2D eigenvalue weighted by Gasteiger charge is 2.20. The van der Waals surface area contributed by atoms with Crippen molar-refractivity contribution < 1.29 is 24.5 Å². The summed E-state index contributed by atoms with van der Waals surface area (Å²) in [5.74, 6) is -0.0112. The Morgan fingerprint density at radius 1 is 0.338 bits per heavy atom. The number of aliphatic hydroxyl groups is 2. The van der Waals surface area contributed by atoms with Gasteiger partial charge >= 0.3 is 5.97 Å². The topological polar surface area (TPSA) is 95.9 Å². The van der Waals surface area contributed by atoms with Crippen LogP contribution < -0.4 is 5.32 Å². The molecule has 0 saturated heterocycles. The zero-order valence-corrected chi connectivity index (χ0v) is 48.5. The summed E-state index contributed by atoms with van der Waals surface area (Å²) in [7, 11) is 0. The molecule has 0 aromatic carbocycles. The van der Waals surface area contributed by atoms with Crippen LogP contribution in [0.5, 0.6) is 0 Å². The van der Waals surface area contributed by atoms with Crippen molar-refractivity contribution in [2.75, 3.05) is 13.2 Å². The lowest BCUT2D eigenvalue weighted by atomic mass is 10.0. The number of hydrogen-bond acceptors (Lipinski definition) is 5. The van der Waals surface area contributed by atoms with Gasteiger partial charge in [-0.05, 0) is 25.7 Å². The van der Waals surface area contributed by atoms with E-state index < -0.39 is 12.1 Å². The molecule has 0 heterocycles. The molecule has 0 aliphatic rings. The summed E-state index contributed by atoms with van der Waals surface area (Å²) in [5.41, 5.74) is 0. The van der Waals surface area contributed by atoms with Gasteiger partial charge in [0.25, 0.3) is 0 Å². The van der Waals surface area contributed by atoms with E-state index in [-0.39, 0.29) is 18.5 Å². The fourth-order valence-corrected chi connectivity index (χ4v) is 10.6. The zero-order chi connectivity index (χ0) is 51.4. The molecule has 0 bridgehead atoms. The van der Waals surface area contributed by atoms with Gasteiger partial charge < -0.3 is 20.3 Å². The molecule has 0 radical (unpaired) electrons. The Labute approximate surface area is 445 Å². The van der Waals surface area contributed by atoms with Crippen LogP contribution in [0.3, 0.4) is 0 Å².